The van der Waals surface area contributed by atoms with Crippen LogP contribution in [0.3, 0.4) is 0 Å². The average molecular weight is 219 g/mol. The standard InChI is InChI=1S/C7H9NO3S2/c1-5-8-6(2-12-5)3-13(11)4-7(9)10/h2H,3-4H2,1H3,(H,9,10). The maximum atomic E-state index is 11.1. The van der Waals surface area contributed by atoms with E-state index in [2.05, 4.69) is 4.98 Å². The molecule has 0 aliphatic rings. The van der Waals surface area contributed by atoms with Crippen LogP contribution in [0.5, 0.6) is 0 Å². The van der Waals surface area contributed by atoms with E-state index in [9.17, 15) is 9.00 Å². The number of carbonyl (C=O) groups is 1. The van der Waals surface area contributed by atoms with Crippen molar-refractivity contribution in [2.24, 2.45) is 0 Å². The summed E-state index contributed by atoms with van der Waals surface area (Å²) >= 11 is 1.47. The molecule has 0 saturated carbocycles. The van der Waals surface area contributed by atoms with Gasteiger partial charge in [-0.2, -0.15) is 0 Å². The highest BCUT2D eigenvalue weighted by molar-refractivity contribution is 7.84. The van der Waals surface area contributed by atoms with E-state index in [4.69, 9.17) is 5.11 Å². The summed E-state index contributed by atoms with van der Waals surface area (Å²) in [6, 6.07) is 0. The lowest BCUT2D eigenvalue weighted by molar-refractivity contribution is -0.133. The number of aryl methyl sites for hydroxylation is 1. The normalized spacial score (nSPS) is 12.7. The first kappa shape index (κ1) is 10.3. The molecule has 0 bridgehead atoms. The minimum absolute atomic E-state index is 0.233. The van der Waals surface area contributed by atoms with Gasteiger partial charge in [-0.1, -0.05) is 0 Å². The molecule has 0 fully saturated rings. The quantitative estimate of drug-likeness (QED) is 0.812. The number of carboxylic acid groups (broad SMARTS) is 1. The van der Waals surface area contributed by atoms with E-state index < -0.39 is 16.8 Å². The Morgan fingerprint density at radius 2 is 2.46 bits per heavy atom. The predicted octanol–water partition coefficient (Wildman–Crippen LogP) is 0.785. The Morgan fingerprint density at radius 1 is 1.77 bits per heavy atom. The summed E-state index contributed by atoms with van der Waals surface area (Å²) in [7, 11) is -1.34. The van der Waals surface area contributed by atoms with E-state index >= 15 is 0 Å². The summed E-state index contributed by atoms with van der Waals surface area (Å²) in [4.78, 5) is 14.3. The van der Waals surface area contributed by atoms with Gasteiger partial charge in [-0.05, 0) is 6.92 Å². The zero-order valence-corrected chi connectivity index (χ0v) is 8.65. The molecule has 1 rings (SSSR count). The van der Waals surface area contributed by atoms with E-state index in [1.165, 1.54) is 11.3 Å². The van der Waals surface area contributed by atoms with Gasteiger partial charge in [-0.15, -0.1) is 11.3 Å². The summed E-state index contributed by atoms with van der Waals surface area (Å²) < 4.78 is 11.1. The highest BCUT2D eigenvalue weighted by Crippen LogP contribution is 2.09. The summed E-state index contributed by atoms with van der Waals surface area (Å²) in [5.74, 6) is -1.11. The van der Waals surface area contributed by atoms with Crippen LogP contribution in [-0.2, 0) is 21.3 Å². The molecule has 0 aliphatic heterocycles. The fourth-order valence-corrected chi connectivity index (χ4v) is 2.40. The Labute approximate surface area is 82.1 Å². The van der Waals surface area contributed by atoms with Gasteiger partial charge < -0.3 is 5.11 Å². The molecule has 0 saturated heterocycles. The van der Waals surface area contributed by atoms with Gasteiger partial charge in [-0.3, -0.25) is 9.00 Å². The molecule has 1 unspecified atom stereocenters. The molecular weight excluding hydrogens is 210 g/mol. The molecule has 6 heteroatoms. The maximum absolute atomic E-state index is 11.1. The van der Waals surface area contributed by atoms with Crippen molar-refractivity contribution in [1.82, 2.24) is 4.98 Å². The lowest BCUT2D eigenvalue weighted by atomic mass is 10.6. The van der Waals surface area contributed by atoms with Crippen LogP contribution < -0.4 is 0 Å². The Hall–Kier alpha value is -0.750. The number of carboxylic acids is 1. The van der Waals surface area contributed by atoms with E-state index in [-0.39, 0.29) is 11.5 Å². The second-order valence-corrected chi connectivity index (χ2v) is 5.00. The molecule has 1 heterocycles. The highest BCUT2D eigenvalue weighted by Gasteiger charge is 2.08. The predicted molar refractivity (Wildman–Crippen MR) is 51.2 cm³/mol. The number of aliphatic carboxylic acids is 1. The second-order valence-electron chi connectivity index (χ2n) is 2.48. The zero-order valence-electron chi connectivity index (χ0n) is 7.02. The van der Waals surface area contributed by atoms with Crippen molar-refractivity contribution < 1.29 is 14.1 Å². The summed E-state index contributed by atoms with van der Waals surface area (Å²) in [6.45, 7) is 1.86. The maximum Gasteiger partial charge on any atom is 0.316 e. The Kier molecular flexibility index (Phi) is 3.56. The molecule has 4 nitrogen and oxygen atoms in total. The van der Waals surface area contributed by atoms with Gasteiger partial charge in [-0.25, -0.2) is 4.98 Å². The first-order valence-electron chi connectivity index (χ1n) is 3.55. The smallest absolute Gasteiger partial charge is 0.316 e. The van der Waals surface area contributed by atoms with Crippen molar-refractivity contribution >= 4 is 28.1 Å². The van der Waals surface area contributed by atoms with Gasteiger partial charge in [0.05, 0.1) is 16.5 Å². The summed E-state index contributed by atoms with van der Waals surface area (Å²) in [5.41, 5.74) is 0.710. The highest BCUT2D eigenvalue weighted by atomic mass is 32.2. The van der Waals surface area contributed by atoms with Gasteiger partial charge in [0.2, 0.25) is 0 Å². The third-order valence-electron chi connectivity index (χ3n) is 1.26. The fraction of sp³-hybridized carbons (Fsp3) is 0.429. The van der Waals surface area contributed by atoms with Gasteiger partial charge in [0.1, 0.15) is 5.75 Å². The molecule has 0 radical (unpaired) electrons. The molecule has 1 N–H and O–H groups in total. The number of aromatic nitrogens is 1. The van der Waals surface area contributed by atoms with Gasteiger partial charge >= 0.3 is 5.97 Å². The molecule has 0 aromatic carbocycles. The van der Waals surface area contributed by atoms with Crippen molar-refractivity contribution in [3.63, 3.8) is 0 Å². The van der Waals surface area contributed by atoms with E-state index in [0.29, 0.717) is 5.69 Å². The fourth-order valence-electron chi connectivity index (χ4n) is 0.828. The summed E-state index contributed by atoms with van der Waals surface area (Å²) in [5, 5.41) is 11.1. The van der Waals surface area contributed by atoms with Crippen LogP contribution in [0.2, 0.25) is 0 Å². The number of hydrogen-bond donors (Lipinski definition) is 1. The van der Waals surface area contributed by atoms with Crippen LogP contribution in [0, 0.1) is 6.92 Å². The van der Waals surface area contributed by atoms with Crippen molar-refractivity contribution in [2.75, 3.05) is 5.75 Å². The van der Waals surface area contributed by atoms with Crippen LogP contribution in [0.1, 0.15) is 10.7 Å². The number of thiazole rings is 1. The molecule has 1 atom stereocenters. The zero-order chi connectivity index (χ0) is 9.84. The van der Waals surface area contributed by atoms with Crippen molar-refractivity contribution in [1.29, 1.82) is 0 Å². The number of nitrogens with zero attached hydrogens (tertiary/aromatic N) is 1. The lowest BCUT2D eigenvalue weighted by Gasteiger charge is -1.94. The van der Waals surface area contributed by atoms with Gasteiger partial charge in [0.25, 0.3) is 0 Å². The van der Waals surface area contributed by atoms with Crippen LogP contribution >= 0.6 is 11.3 Å². The van der Waals surface area contributed by atoms with Crippen LogP contribution in [-0.4, -0.2) is 26.0 Å². The van der Waals surface area contributed by atoms with Crippen LogP contribution in [0.25, 0.3) is 0 Å². The van der Waals surface area contributed by atoms with Crippen molar-refractivity contribution in [3.05, 3.63) is 16.1 Å². The topological polar surface area (TPSA) is 67.3 Å². The molecule has 72 valence electrons. The third kappa shape index (κ3) is 3.65. The molecule has 13 heavy (non-hydrogen) atoms. The second kappa shape index (κ2) is 4.48. The van der Waals surface area contributed by atoms with E-state index in [1.54, 1.807) is 5.38 Å². The minimum atomic E-state index is -1.34. The first-order chi connectivity index (χ1) is 6.08. The molecule has 1 aromatic rings. The Balaban J connectivity index is 2.50. The first-order valence-corrected chi connectivity index (χ1v) is 5.92. The molecule has 0 spiro atoms. The van der Waals surface area contributed by atoms with Gasteiger partial charge in [0, 0.05) is 16.2 Å². The number of rotatable bonds is 4. The summed E-state index contributed by atoms with van der Waals surface area (Å²) in [6.07, 6.45) is 0. The average Bonchev–Trinajstić information content (AvgIpc) is 2.33. The molecule has 0 amide bonds. The van der Waals surface area contributed by atoms with E-state index in [0.717, 1.165) is 5.01 Å². The Morgan fingerprint density at radius 3 is 2.92 bits per heavy atom. The van der Waals surface area contributed by atoms with Crippen LogP contribution in [0.15, 0.2) is 5.38 Å². The SMILES string of the molecule is Cc1nc(CS(=O)CC(=O)O)cs1. The molecular formula is C7H9NO3S2. The third-order valence-corrected chi connectivity index (χ3v) is 3.27. The van der Waals surface area contributed by atoms with E-state index in [1.807, 2.05) is 6.92 Å². The molecule has 1 aromatic heterocycles. The monoisotopic (exact) mass is 219 g/mol. The van der Waals surface area contributed by atoms with Crippen molar-refractivity contribution in [2.45, 2.75) is 12.7 Å². The van der Waals surface area contributed by atoms with Crippen LogP contribution in [0.4, 0.5) is 0 Å². The molecule has 0 aliphatic carbocycles. The minimum Gasteiger partial charge on any atom is -0.481 e. The largest absolute Gasteiger partial charge is 0.481 e. The van der Waals surface area contributed by atoms with Crippen molar-refractivity contribution in [3.8, 4) is 0 Å². The number of hydrogen-bond acceptors (Lipinski definition) is 4. The van der Waals surface area contributed by atoms with Gasteiger partial charge in [0.15, 0.2) is 0 Å². The lowest BCUT2D eigenvalue weighted by Crippen LogP contribution is -2.10. The Bertz CT molecular complexity index is 334.